The van der Waals surface area contributed by atoms with Gasteiger partial charge in [-0.2, -0.15) is 13.2 Å². The monoisotopic (exact) mass is 439 g/mol. The number of benzene rings is 2. The topological polar surface area (TPSA) is 135 Å². The van der Waals surface area contributed by atoms with Crippen LogP contribution in [0.3, 0.4) is 0 Å². The normalized spacial score (nSPS) is 12.0. The van der Waals surface area contributed by atoms with Gasteiger partial charge in [0.05, 0.1) is 28.6 Å². The van der Waals surface area contributed by atoms with Crippen LogP contribution in [0.5, 0.6) is 0 Å². The number of aromatic amines is 2. The van der Waals surface area contributed by atoms with Crippen molar-refractivity contribution in [3.63, 3.8) is 0 Å². The number of amides is 1. The molecule has 5 aromatic rings. The van der Waals surface area contributed by atoms with Gasteiger partial charge in [0.25, 0.3) is 5.91 Å². The fraction of sp³-hybridized carbons (Fsp3) is 0.0500. The molecule has 3 aromatic heterocycles. The molecule has 12 heteroatoms. The molecule has 0 bridgehead atoms. The first-order valence-corrected chi connectivity index (χ1v) is 9.16. The van der Waals surface area contributed by atoms with Crippen LogP contribution >= 0.6 is 0 Å². The predicted molar refractivity (Wildman–Crippen MR) is 108 cm³/mol. The van der Waals surface area contributed by atoms with Crippen molar-refractivity contribution in [2.45, 2.75) is 6.18 Å². The zero-order chi connectivity index (χ0) is 22.6. The van der Waals surface area contributed by atoms with E-state index in [0.29, 0.717) is 16.6 Å². The molecule has 0 saturated heterocycles. The number of para-hydroxylation sites is 1. The minimum atomic E-state index is -4.73. The van der Waals surface area contributed by atoms with Crippen LogP contribution in [0.25, 0.3) is 39.3 Å². The second-order valence-electron chi connectivity index (χ2n) is 6.87. The number of alkyl halides is 3. The molecule has 0 radical (unpaired) electrons. The minimum absolute atomic E-state index is 0.0000368. The molecule has 32 heavy (non-hydrogen) atoms. The predicted octanol–water partition coefficient (Wildman–Crippen LogP) is 2.77. The first kappa shape index (κ1) is 19.5. The van der Waals surface area contributed by atoms with E-state index in [1.807, 2.05) is 0 Å². The van der Waals surface area contributed by atoms with Crippen LogP contribution in [-0.2, 0) is 6.18 Å². The Morgan fingerprint density at radius 3 is 2.62 bits per heavy atom. The number of hydrogen-bond acceptors (Lipinski definition) is 5. The van der Waals surface area contributed by atoms with Gasteiger partial charge in [-0.3, -0.25) is 4.79 Å². The Balaban J connectivity index is 1.84. The average Bonchev–Trinajstić information content (AvgIpc) is 3.34. The number of nitrogens with one attached hydrogen (secondary N) is 2. The van der Waals surface area contributed by atoms with Crippen LogP contribution < -0.4 is 11.4 Å². The van der Waals surface area contributed by atoms with Gasteiger partial charge in [0, 0.05) is 5.56 Å². The lowest BCUT2D eigenvalue weighted by Crippen LogP contribution is -2.19. The quantitative estimate of drug-likeness (QED) is 0.397. The highest BCUT2D eigenvalue weighted by Crippen LogP contribution is 2.34. The van der Waals surface area contributed by atoms with Crippen LogP contribution in [-0.4, -0.2) is 35.4 Å². The number of primary amides is 1. The summed E-state index contributed by atoms with van der Waals surface area (Å²) in [5.41, 5.74) is 4.10. The van der Waals surface area contributed by atoms with Crippen LogP contribution in [0, 0.1) is 0 Å². The van der Waals surface area contributed by atoms with Crippen LogP contribution in [0.1, 0.15) is 16.1 Å². The van der Waals surface area contributed by atoms with Crippen LogP contribution in [0.4, 0.5) is 13.2 Å². The number of nitrogens with two attached hydrogens (primary N) is 1. The second kappa shape index (κ2) is 6.77. The van der Waals surface area contributed by atoms with E-state index in [9.17, 15) is 22.8 Å². The van der Waals surface area contributed by atoms with Crippen molar-refractivity contribution in [3.8, 4) is 17.1 Å². The Kier molecular flexibility index (Phi) is 4.12. The number of aromatic nitrogens is 6. The molecule has 3 heterocycles. The van der Waals surface area contributed by atoms with Gasteiger partial charge in [0.1, 0.15) is 5.52 Å². The molecule has 5 rings (SSSR count). The molecule has 4 N–H and O–H groups in total. The molecule has 9 nitrogen and oxygen atoms in total. The Bertz CT molecular complexity index is 1580. The zero-order valence-corrected chi connectivity index (χ0v) is 15.9. The molecule has 160 valence electrons. The molecule has 0 fully saturated rings. The smallest absolute Gasteiger partial charge is 0.364 e. The summed E-state index contributed by atoms with van der Waals surface area (Å²) in [5.74, 6) is -0.973. The summed E-state index contributed by atoms with van der Waals surface area (Å²) in [7, 11) is 0. The van der Waals surface area contributed by atoms with Crippen molar-refractivity contribution in [2.24, 2.45) is 5.73 Å². The molecule has 0 aliphatic rings. The maximum Gasteiger partial charge on any atom is 0.418 e. The zero-order valence-electron chi connectivity index (χ0n) is 15.9. The van der Waals surface area contributed by atoms with E-state index in [1.54, 1.807) is 18.2 Å². The van der Waals surface area contributed by atoms with Gasteiger partial charge in [0.2, 0.25) is 0 Å². The van der Waals surface area contributed by atoms with Crippen molar-refractivity contribution in [2.75, 3.05) is 0 Å². The van der Waals surface area contributed by atoms with Gasteiger partial charge in [-0.25, -0.2) is 24.3 Å². The number of carbonyl (C=O) groups excluding carboxylic acids is 1. The van der Waals surface area contributed by atoms with Gasteiger partial charge in [-0.05, 0) is 30.3 Å². The molecular formula is C20H12F3N7O2. The lowest BCUT2D eigenvalue weighted by Gasteiger charge is -2.13. The summed E-state index contributed by atoms with van der Waals surface area (Å²) in [4.78, 5) is 42.6. The number of nitrogens with zero attached hydrogens (tertiary/aromatic N) is 4. The number of fused-ring (bicyclic) bond motifs is 2. The van der Waals surface area contributed by atoms with Crippen molar-refractivity contribution in [1.29, 1.82) is 0 Å². The van der Waals surface area contributed by atoms with Crippen molar-refractivity contribution < 1.29 is 18.0 Å². The van der Waals surface area contributed by atoms with Crippen LogP contribution in [0.15, 0.2) is 53.6 Å². The summed E-state index contributed by atoms with van der Waals surface area (Å²) in [6, 6.07) is 9.53. The highest BCUT2D eigenvalue weighted by molar-refractivity contribution is 6.02. The first-order chi connectivity index (χ1) is 15.2. The van der Waals surface area contributed by atoms with Crippen molar-refractivity contribution >= 4 is 28.1 Å². The number of halogens is 3. The summed E-state index contributed by atoms with van der Waals surface area (Å²) in [6.45, 7) is 0. The Morgan fingerprint density at radius 1 is 1.09 bits per heavy atom. The molecule has 0 saturated carbocycles. The number of rotatable bonds is 3. The lowest BCUT2D eigenvalue weighted by atomic mass is 10.1. The largest absolute Gasteiger partial charge is 0.418 e. The summed E-state index contributed by atoms with van der Waals surface area (Å²) in [6.07, 6.45) is -3.24. The van der Waals surface area contributed by atoms with E-state index < -0.39 is 29.0 Å². The van der Waals surface area contributed by atoms with Crippen LogP contribution in [0.2, 0.25) is 0 Å². The summed E-state index contributed by atoms with van der Waals surface area (Å²) in [5, 5.41) is 0. The van der Waals surface area contributed by atoms with E-state index in [1.165, 1.54) is 18.5 Å². The van der Waals surface area contributed by atoms with Crippen molar-refractivity contribution in [3.05, 3.63) is 70.5 Å². The third-order valence-electron chi connectivity index (χ3n) is 4.90. The van der Waals surface area contributed by atoms with Gasteiger partial charge >= 0.3 is 11.9 Å². The van der Waals surface area contributed by atoms with E-state index in [0.717, 1.165) is 16.7 Å². The van der Waals surface area contributed by atoms with E-state index in [2.05, 4.69) is 24.9 Å². The number of H-pyrrole nitrogens is 2. The fourth-order valence-corrected chi connectivity index (χ4v) is 3.50. The highest BCUT2D eigenvalue weighted by Gasteiger charge is 2.35. The van der Waals surface area contributed by atoms with Gasteiger partial charge in [-0.1, -0.05) is 12.1 Å². The van der Waals surface area contributed by atoms with Gasteiger partial charge in [0.15, 0.2) is 17.2 Å². The molecule has 0 atom stereocenters. The average molecular weight is 439 g/mol. The number of carbonyl (C=O) groups is 1. The molecule has 1 amide bonds. The summed E-state index contributed by atoms with van der Waals surface area (Å²) >= 11 is 0. The second-order valence-corrected chi connectivity index (χ2v) is 6.87. The molecular weight excluding hydrogens is 427 g/mol. The fourth-order valence-electron chi connectivity index (χ4n) is 3.50. The SMILES string of the molecule is NC(=O)c1nc(-c2ccc3nc[nH]c3c2)nc2c1[nH]c(=O)n2-c1ccccc1C(F)(F)F. The maximum absolute atomic E-state index is 13.6. The molecule has 0 unspecified atom stereocenters. The van der Waals surface area contributed by atoms with E-state index in [-0.39, 0.29) is 22.7 Å². The third kappa shape index (κ3) is 3.00. The van der Waals surface area contributed by atoms with Gasteiger partial charge in [-0.15, -0.1) is 0 Å². The minimum Gasteiger partial charge on any atom is -0.364 e. The Labute approximate surface area is 175 Å². The molecule has 2 aromatic carbocycles. The number of imidazole rings is 2. The standard InChI is InChI=1S/C20H12F3N7O2/c21-20(22,23)10-3-1-2-4-13(10)30-18-15(28-19(30)32)14(16(24)31)27-17(29-18)9-5-6-11-12(7-9)26-8-25-11/h1-8H,(H2,24,31)(H,25,26)(H,28,32). The van der Waals surface area contributed by atoms with E-state index >= 15 is 0 Å². The number of hydrogen-bond donors (Lipinski definition) is 3. The maximum atomic E-state index is 13.6. The molecule has 0 aliphatic carbocycles. The third-order valence-corrected chi connectivity index (χ3v) is 4.90. The highest BCUT2D eigenvalue weighted by atomic mass is 19.4. The van der Waals surface area contributed by atoms with E-state index in [4.69, 9.17) is 5.73 Å². The first-order valence-electron chi connectivity index (χ1n) is 9.16. The van der Waals surface area contributed by atoms with Crippen molar-refractivity contribution in [1.82, 2.24) is 29.5 Å². The molecule has 0 spiro atoms. The Morgan fingerprint density at radius 2 is 1.88 bits per heavy atom. The van der Waals surface area contributed by atoms with Gasteiger partial charge < -0.3 is 15.7 Å². The lowest BCUT2D eigenvalue weighted by molar-refractivity contribution is -0.137. The summed E-state index contributed by atoms with van der Waals surface area (Å²) < 4.78 is 41.6. The Hall–Kier alpha value is -4.48. The molecule has 0 aliphatic heterocycles.